The van der Waals surface area contributed by atoms with Crippen molar-refractivity contribution in [2.45, 2.75) is 44.7 Å². The molecule has 2 amide bonds. The van der Waals surface area contributed by atoms with E-state index in [1.54, 1.807) is 10.9 Å². The maximum Gasteiger partial charge on any atom is 0.318 e. The first-order valence-electron chi connectivity index (χ1n) is 7.28. The average Bonchev–Trinajstić information content (AvgIpc) is 2.86. The lowest BCUT2D eigenvalue weighted by atomic mass is 10.00. The van der Waals surface area contributed by atoms with Gasteiger partial charge in [0.2, 0.25) is 0 Å². The largest absolute Gasteiger partial charge is 0.396 e. The Morgan fingerprint density at radius 1 is 1.60 bits per heavy atom. The Balaban J connectivity index is 1.95. The van der Waals surface area contributed by atoms with Gasteiger partial charge in [-0.1, -0.05) is 0 Å². The predicted octanol–water partition coefficient (Wildman–Crippen LogP) is 1.43. The van der Waals surface area contributed by atoms with Crippen LogP contribution in [-0.2, 0) is 7.05 Å². The number of nitrogens with zero attached hydrogens (tertiary/aromatic N) is 3. The maximum absolute atomic E-state index is 12.4. The van der Waals surface area contributed by atoms with Crippen molar-refractivity contribution in [3.63, 3.8) is 0 Å². The predicted molar refractivity (Wildman–Crippen MR) is 76.2 cm³/mol. The monoisotopic (exact) mass is 280 g/mol. The molecule has 2 unspecified atom stereocenters. The van der Waals surface area contributed by atoms with E-state index < -0.39 is 0 Å². The van der Waals surface area contributed by atoms with Crippen molar-refractivity contribution in [2.24, 2.45) is 7.05 Å². The molecule has 0 spiro atoms. The van der Waals surface area contributed by atoms with Gasteiger partial charge in [-0.3, -0.25) is 4.68 Å². The molecule has 0 radical (unpaired) electrons. The lowest BCUT2D eigenvalue weighted by Crippen LogP contribution is -2.49. The number of hydrogen-bond donors (Lipinski definition) is 2. The highest BCUT2D eigenvalue weighted by atomic mass is 16.3. The lowest BCUT2D eigenvalue weighted by Gasteiger charge is -2.36. The minimum atomic E-state index is -0.0621. The molecule has 1 aliphatic rings. The third-order valence-corrected chi connectivity index (χ3v) is 3.92. The molecule has 0 aromatic carbocycles. The Kier molecular flexibility index (Phi) is 5.00. The number of amides is 2. The number of likely N-dealkylation sites (tertiary alicyclic amines) is 1. The number of aliphatic hydroxyl groups is 1. The quantitative estimate of drug-likeness (QED) is 0.876. The first kappa shape index (κ1) is 14.8. The normalized spacial score (nSPS) is 20.8. The number of carbonyl (C=O) groups excluding carboxylic acids is 1. The zero-order chi connectivity index (χ0) is 14.5. The van der Waals surface area contributed by atoms with E-state index in [4.69, 9.17) is 5.11 Å². The van der Waals surface area contributed by atoms with E-state index in [0.717, 1.165) is 31.4 Å². The summed E-state index contributed by atoms with van der Waals surface area (Å²) in [7, 11) is 1.86. The van der Waals surface area contributed by atoms with Gasteiger partial charge in [-0.05, 0) is 32.6 Å². The van der Waals surface area contributed by atoms with Crippen LogP contribution in [-0.4, -0.2) is 45.0 Å². The van der Waals surface area contributed by atoms with Crippen LogP contribution < -0.4 is 5.32 Å². The van der Waals surface area contributed by atoms with Gasteiger partial charge in [0.1, 0.15) is 0 Å². The van der Waals surface area contributed by atoms with E-state index >= 15 is 0 Å². The average molecular weight is 280 g/mol. The lowest BCUT2D eigenvalue weighted by molar-refractivity contribution is 0.130. The van der Waals surface area contributed by atoms with Crippen LogP contribution in [0, 0.1) is 0 Å². The van der Waals surface area contributed by atoms with Crippen LogP contribution in [0.4, 0.5) is 4.79 Å². The molecule has 112 valence electrons. The van der Waals surface area contributed by atoms with Crippen molar-refractivity contribution in [1.29, 1.82) is 0 Å². The molecule has 6 nitrogen and oxygen atoms in total. The summed E-state index contributed by atoms with van der Waals surface area (Å²) in [5.41, 5.74) is 0.997. The third kappa shape index (κ3) is 3.50. The first-order valence-corrected chi connectivity index (χ1v) is 7.28. The number of aliphatic hydroxyl groups excluding tert-OH is 1. The van der Waals surface area contributed by atoms with Gasteiger partial charge < -0.3 is 15.3 Å². The van der Waals surface area contributed by atoms with E-state index in [1.165, 1.54) is 0 Å². The molecule has 0 bridgehead atoms. The minimum absolute atomic E-state index is 0.0421. The van der Waals surface area contributed by atoms with E-state index in [1.807, 2.05) is 25.1 Å². The summed E-state index contributed by atoms with van der Waals surface area (Å²) in [5, 5.41) is 16.3. The summed E-state index contributed by atoms with van der Waals surface area (Å²) in [4.78, 5) is 14.2. The molecule has 1 fully saturated rings. The highest BCUT2D eigenvalue weighted by molar-refractivity contribution is 5.75. The number of urea groups is 1. The SMILES string of the molecule is CC(NC(=O)N1CCCCC1CCO)c1cnn(C)c1. The summed E-state index contributed by atoms with van der Waals surface area (Å²) in [6.07, 6.45) is 7.49. The first-order chi connectivity index (χ1) is 9.61. The molecule has 2 rings (SSSR count). The summed E-state index contributed by atoms with van der Waals surface area (Å²) in [6, 6.07) is 0.0576. The minimum Gasteiger partial charge on any atom is -0.396 e. The van der Waals surface area contributed by atoms with Crippen molar-refractivity contribution in [3.8, 4) is 0 Å². The molecule has 1 aromatic rings. The molecular weight excluding hydrogens is 256 g/mol. The number of carbonyl (C=O) groups is 1. The zero-order valence-electron chi connectivity index (χ0n) is 12.2. The van der Waals surface area contributed by atoms with Crippen molar-refractivity contribution < 1.29 is 9.90 Å². The molecule has 2 heterocycles. The van der Waals surface area contributed by atoms with Crippen molar-refractivity contribution >= 4 is 6.03 Å². The second-order valence-corrected chi connectivity index (χ2v) is 5.47. The van der Waals surface area contributed by atoms with E-state index in [-0.39, 0.29) is 24.7 Å². The second-order valence-electron chi connectivity index (χ2n) is 5.47. The van der Waals surface area contributed by atoms with Gasteiger partial charge in [0, 0.05) is 38.0 Å². The molecule has 20 heavy (non-hydrogen) atoms. The van der Waals surface area contributed by atoms with Crippen molar-refractivity contribution in [3.05, 3.63) is 18.0 Å². The molecule has 1 aromatic heterocycles. The Labute approximate surface area is 119 Å². The van der Waals surface area contributed by atoms with Crippen LogP contribution in [0.1, 0.15) is 44.2 Å². The summed E-state index contributed by atoms with van der Waals surface area (Å²) in [6.45, 7) is 2.86. The van der Waals surface area contributed by atoms with Crippen LogP contribution in [0.15, 0.2) is 12.4 Å². The summed E-state index contributed by atoms with van der Waals surface area (Å²) < 4.78 is 1.73. The van der Waals surface area contributed by atoms with Gasteiger partial charge in [-0.2, -0.15) is 5.10 Å². The molecule has 6 heteroatoms. The van der Waals surface area contributed by atoms with Crippen molar-refractivity contribution in [2.75, 3.05) is 13.2 Å². The number of piperidine rings is 1. The fourth-order valence-corrected chi connectivity index (χ4v) is 2.73. The highest BCUT2D eigenvalue weighted by Crippen LogP contribution is 2.20. The van der Waals surface area contributed by atoms with Crippen LogP contribution in [0.25, 0.3) is 0 Å². The third-order valence-electron chi connectivity index (χ3n) is 3.92. The van der Waals surface area contributed by atoms with Gasteiger partial charge in [0.25, 0.3) is 0 Å². The van der Waals surface area contributed by atoms with E-state index in [0.29, 0.717) is 6.42 Å². The number of rotatable bonds is 4. The number of nitrogens with one attached hydrogen (secondary N) is 1. The Morgan fingerprint density at radius 2 is 2.40 bits per heavy atom. The van der Waals surface area contributed by atoms with Crippen LogP contribution in [0.2, 0.25) is 0 Å². The molecular formula is C14H24N4O2. The smallest absolute Gasteiger partial charge is 0.318 e. The van der Waals surface area contributed by atoms with Gasteiger partial charge >= 0.3 is 6.03 Å². The fourth-order valence-electron chi connectivity index (χ4n) is 2.73. The Morgan fingerprint density at radius 3 is 3.05 bits per heavy atom. The highest BCUT2D eigenvalue weighted by Gasteiger charge is 2.27. The summed E-state index contributed by atoms with van der Waals surface area (Å²) >= 11 is 0. The van der Waals surface area contributed by atoms with Gasteiger partial charge in [-0.25, -0.2) is 4.79 Å². The molecule has 1 saturated heterocycles. The van der Waals surface area contributed by atoms with E-state index in [9.17, 15) is 4.79 Å². The molecule has 2 N–H and O–H groups in total. The topological polar surface area (TPSA) is 70.4 Å². The van der Waals surface area contributed by atoms with Gasteiger partial charge in [-0.15, -0.1) is 0 Å². The number of aromatic nitrogens is 2. The van der Waals surface area contributed by atoms with E-state index in [2.05, 4.69) is 10.4 Å². The number of aryl methyl sites for hydroxylation is 1. The van der Waals surface area contributed by atoms with Crippen LogP contribution in [0.3, 0.4) is 0 Å². The van der Waals surface area contributed by atoms with Gasteiger partial charge in [0.05, 0.1) is 12.2 Å². The molecule has 2 atom stereocenters. The number of hydrogen-bond acceptors (Lipinski definition) is 3. The molecule has 0 aliphatic carbocycles. The Bertz CT molecular complexity index is 444. The Hall–Kier alpha value is -1.56. The van der Waals surface area contributed by atoms with Crippen LogP contribution in [0.5, 0.6) is 0 Å². The molecule has 1 aliphatic heterocycles. The van der Waals surface area contributed by atoms with Crippen LogP contribution >= 0.6 is 0 Å². The fraction of sp³-hybridized carbons (Fsp3) is 0.714. The molecule has 0 saturated carbocycles. The maximum atomic E-state index is 12.4. The standard InChI is InChI=1S/C14H24N4O2/c1-11(12-9-15-17(2)10-12)16-14(20)18-7-4-3-5-13(18)6-8-19/h9-11,13,19H,3-8H2,1-2H3,(H,16,20). The van der Waals surface area contributed by atoms with Gasteiger partial charge in [0.15, 0.2) is 0 Å². The summed E-state index contributed by atoms with van der Waals surface area (Å²) in [5.74, 6) is 0. The zero-order valence-corrected chi connectivity index (χ0v) is 12.2. The second kappa shape index (κ2) is 6.74. The van der Waals surface area contributed by atoms with Crippen molar-refractivity contribution in [1.82, 2.24) is 20.0 Å².